The molecule has 4 nitrogen and oxygen atoms in total. The van der Waals surface area contributed by atoms with E-state index < -0.39 is 0 Å². The van der Waals surface area contributed by atoms with Gasteiger partial charge in [-0.25, -0.2) is 0 Å². The summed E-state index contributed by atoms with van der Waals surface area (Å²) >= 11 is 0. The molecule has 0 aliphatic carbocycles. The molecule has 0 aromatic carbocycles. The fraction of sp³-hybridized carbons (Fsp3) is 0.625. The first kappa shape index (κ1) is 7.76. The molecule has 0 bridgehead atoms. The molecule has 1 unspecified atom stereocenters. The van der Waals surface area contributed by atoms with Crippen LogP contribution in [0.15, 0.2) is 6.20 Å². The number of aryl methyl sites for hydroxylation is 1. The molecule has 2 heterocycles. The van der Waals surface area contributed by atoms with Crippen molar-refractivity contribution in [3.63, 3.8) is 0 Å². The molecule has 1 aliphatic rings. The summed E-state index contributed by atoms with van der Waals surface area (Å²) in [5, 5.41) is 10.2. The Morgan fingerprint density at radius 1 is 1.67 bits per heavy atom. The molecule has 1 aromatic heterocycles. The van der Waals surface area contributed by atoms with E-state index in [1.807, 2.05) is 13.1 Å². The Morgan fingerprint density at radius 3 is 3.17 bits per heavy atom. The van der Waals surface area contributed by atoms with Crippen LogP contribution in [0.4, 0.5) is 0 Å². The van der Waals surface area contributed by atoms with Crippen LogP contribution in [0.1, 0.15) is 17.4 Å². The average Bonchev–Trinajstić information content (AvgIpc) is 2.53. The predicted molar refractivity (Wildman–Crippen MR) is 44.9 cm³/mol. The summed E-state index contributed by atoms with van der Waals surface area (Å²) in [5.74, 6) is 0. The number of H-pyrrole nitrogens is 1. The van der Waals surface area contributed by atoms with Gasteiger partial charge < -0.3 is 10.1 Å². The number of rotatable bonds is 1. The minimum absolute atomic E-state index is 0.178. The molecule has 0 saturated carbocycles. The van der Waals surface area contributed by atoms with E-state index in [0.29, 0.717) is 0 Å². The van der Waals surface area contributed by atoms with Crippen molar-refractivity contribution in [3.8, 4) is 0 Å². The first-order valence-electron chi connectivity index (χ1n) is 4.20. The van der Waals surface area contributed by atoms with Crippen LogP contribution in [0.3, 0.4) is 0 Å². The molecule has 0 radical (unpaired) electrons. The zero-order valence-corrected chi connectivity index (χ0v) is 7.13. The summed E-state index contributed by atoms with van der Waals surface area (Å²) in [4.78, 5) is 0. The molecule has 2 rings (SSSR count). The zero-order valence-electron chi connectivity index (χ0n) is 7.13. The number of aromatic nitrogens is 2. The van der Waals surface area contributed by atoms with Crippen LogP contribution in [-0.4, -0.2) is 29.9 Å². The van der Waals surface area contributed by atoms with Crippen molar-refractivity contribution in [2.24, 2.45) is 0 Å². The lowest BCUT2D eigenvalue weighted by molar-refractivity contribution is 0.0273. The van der Waals surface area contributed by atoms with E-state index in [4.69, 9.17) is 4.74 Å². The quantitative estimate of drug-likeness (QED) is 0.635. The normalized spacial score (nSPS) is 24.2. The highest BCUT2D eigenvalue weighted by Crippen LogP contribution is 2.19. The highest BCUT2D eigenvalue weighted by atomic mass is 16.5. The van der Waals surface area contributed by atoms with E-state index in [2.05, 4.69) is 15.5 Å². The molecule has 66 valence electrons. The van der Waals surface area contributed by atoms with Crippen LogP contribution in [0.25, 0.3) is 0 Å². The lowest BCUT2D eigenvalue weighted by Crippen LogP contribution is -2.33. The number of aromatic amines is 1. The smallest absolute Gasteiger partial charge is 0.0982 e. The number of nitrogens with one attached hydrogen (secondary N) is 2. The van der Waals surface area contributed by atoms with Gasteiger partial charge in [0.05, 0.1) is 18.4 Å². The second-order valence-electron chi connectivity index (χ2n) is 2.99. The van der Waals surface area contributed by atoms with Crippen molar-refractivity contribution in [1.29, 1.82) is 0 Å². The summed E-state index contributed by atoms with van der Waals surface area (Å²) in [7, 11) is 0. The van der Waals surface area contributed by atoms with Gasteiger partial charge in [0, 0.05) is 24.8 Å². The molecule has 4 heteroatoms. The van der Waals surface area contributed by atoms with Gasteiger partial charge in [-0.15, -0.1) is 0 Å². The Kier molecular flexibility index (Phi) is 2.10. The highest BCUT2D eigenvalue weighted by molar-refractivity contribution is 5.18. The maximum absolute atomic E-state index is 5.58. The van der Waals surface area contributed by atoms with Crippen molar-refractivity contribution in [3.05, 3.63) is 17.5 Å². The maximum Gasteiger partial charge on any atom is 0.0982 e. The molecule has 1 aromatic rings. The second kappa shape index (κ2) is 3.25. The molecular formula is C8H13N3O. The molecule has 12 heavy (non-hydrogen) atoms. The summed E-state index contributed by atoms with van der Waals surface area (Å²) in [5.41, 5.74) is 2.20. The minimum atomic E-state index is 0.178. The number of morpholine rings is 1. The Hall–Kier alpha value is -0.870. The van der Waals surface area contributed by atoms with Gasteiger partial charge in [0.1, 0.15) is 0 Å². The van der Waals surface area contributed by atoms with Crippen LogP contribution >= 0.6 is 0 Å². The third kappa shape index (κ3) is 1.35. The van der Waals surface area contributed by atoms with Crippen molar-refractivity contribution < 1.29 is 4.74 Å². The number of hydrogen-bond acceptors (Lipinski definition) is 3. The van der Waals surface area contributed by atoms with Gasteiger partial charge in [0.25, 0.3) is 0 Å². The molecule has 1 fully saturated rings. The molecule has 2 N–H and O–H groups in total. The molecule has 1 aliphatic heterocycles. The summed E-state index contributed by atoms with van der Waals surface area (Å²) in [6, 6.07) is 0. The third-order valence-corrected chi connectivity index (χ3v) is 2.14. The Bertz CT molecular complexity index is 253. The van der Waals surface area contributed by atoms with Crippen molar-refractivity contribution in [2.75, 3.05) is 19.7 Å². The van der Waals surface area contributed by atoms with E-state index in [1.54, 1.807) is 0 Å². The first-order valence-corrected chi connectivity index (χ1v) is 4.20. The van der Waals surface area contributed by atoms with E-state index in [0.717, 1.165) is 25.4 Å². The molecule has 0 amide bonds. The fourth-order valence-corrected chi connectivity index (χ4v) is 1.46. The van der Waals surface area contributed by atoms with Gasteiger partial charge in [-0.1, -0.05) is 0 Å². The van der Waals surface area contributed by atoms with Crippen LogP contribution in [-0.2, 0) is 4.74 Å². The summed E-state index contributed by atoms with van der Waals surface area (Å²) in [6.45, 7) is 4.62. The number of hydrogen-bond donors (Lipinski definition) is 2. The topological polar surface area (TPSA) is 49.9 Å². The van der Waals surface area contributed by atoms with Gasteiger partial charge >= 0.3 is 0 Å². The summed E-state index contributed by atoms with van der Waals surface area (Å²) in [6.07, 6.45) is 2.09. The fourth-order valence-electron chi connectivity index (χ4n) is 1.46. The lowest BCUT2D eigenvalue weighted by atomic mass is 10.1. The van der Waals surface area contributed by atoms with Crippen molar-refractivity contribution >= 4 is 0 Å². The lowest BCUT2D eigenvalue weighted by Gasteiger charge is -2.23. The minimum Gasteiger partial charge on any atom is -0.371 e. The standard InChI is InChI=1S/C8H13N3O/c1-6-7(4-10-11-6)8-5-9-2-3-12-8/h4,8-9H,2-3,5H2,1H3,(H,10,11). The first-order chi connectivity index (χ1) is 5.88. The number of ether oxygens (including phenoxy) is 1. The van der Waals surface area contributed by atoms with Crippen molar-refractivity contribution in [1.82, 2.24) is 15.5 Å². The van der Waals surface area contributed by atoms with Gasteiger partial charge in [-0.05, 0) is 6.92 Å². The second-order valence-corrected chi connectivity index (χ2v) is 2.99. The van der Waals surface area contributed by atoms with Crippen LogP contribution in [0.2, 0.25) is 0 Å². The van der Waals surface area contributed by atoms with Gasteiger partial charge in [-0.3, -0.25) is 5.10 Å². The van der Waals surface area contributed by atoms with Crippen LogP contribution in [0, 0.1) is 6.92 Å². The van der Waals surface area contributed by atoms with E-state index >= 15 is 0 Å². The highest BCUT2D eigenvalue weighted by Gasteiger charge is 2.18. The Labute approximate surface area is 71.3 Å². The third-order valence-electron chi connectivity index (χ3n) is 2.14. The van der Waals surface area contributed by atoms with E-state index in [1.165, 1.54) is 5.56 Å². The predicted octanol–water partition coefficient (Wildman–Crippen LogP) is 0.379. The molecule has 0 spiro atoms. The zero-order chi connectivity index (χ0) is 8.39. The SMILES string of the molecule is Cc1n[nH]cc1C1CNCCO1. The maximum atomic E-state index is 5.58. The average molecular weight is 167 g/mol. The molecule has 1 saturated heterocycles. The summed E-state index contributed by atoms with van der Waals surface area (Å²) < 4.78 is 5.58. The molecule has 1 atom stereocenters. The van der Waals surface area contributed by atoms with E-state index in [9.17, 15) is 0 Å². The van der Waals surface area contributed by atoms with Gasteiger partial charge in [0.15, 0.2) is 0 Å². The Balaban J connectivity index is 2.13. The van der Waals surface area contributed by atoms with Gasteiger partial charge in [-0.2, -0.15) is 5.10 Å². The van der Waals surface area contributed by atoms with Crippen LogP contribution < -0.4 is 5.32 Å². The van der Waals surface area contributed by atoms with E-state index in [-0.39, 0.29) is 6.10 Å². The van der Waals surface area contributed by atoms with Crippen LogP contribution in [0.5, 0.6) is 0 Å². The molecular weight excluding hydrogens is 154 g/mol. The largest absolute Gasteiger partial charge is 0.371 e. The monoisotopic (exact) mass is 167 g/mol. The van der Waals surface area contributed by atoms with Crippen molar-refractivity contribution in [2.45, 2.75) is 13.0 Å². The Morgan fingerprint density at radius 2 is 2.58 bits per heavy atom. The number of nitrogens with zero attached hydrogens (tertiary/aromatic N) is 1. The van der Waals surface area contributed by atoms with Gasteiger partial charge in [0.2, 0.25) is 0 Å².